The Labute approximate surface area is 128 Å². The van der Waals surface area contributed by atoms with Crippen molar-refractivity contribution in [2.45, 2.75) is 13.0 Å². The van der Waals surface area contributed by atoms with Crippen LogP contribution in [0.3, 0.4) is 0 Å². The van der Waals surface area contributed by atoms with E-state index in [0.29, 0.717) is 11.3 Å². The highest BCUT2D eigenvalue weighted by molar-refractivity contribution is 6.01. The van der Waals surface area contributed by atoms with Crippen LogP contribution in [0.15, 0.2) is 60.9 Å². The first-order valence-electron chi connectivity index (χ1n) is 7.04. The molecule has 0 spiro atoms. The number of esters is 1. The molecule has 3 aromatic rings. The zero-order chi connectivity index (χ0) is 15.5. The summed E-state index contributed by atoms with van der Waals surface area (Å²) >= 11 is 0. The number of nitrogens with zero attached hydrogens (tertiary/aromatic N) is 1. The van der Waals surface area contributed by atoms with Crippen molar-refractivity contribution in [3.8, 4) is 0 Å². The monoisotopic (exact) mass is 292 g/mol. The van der Waals surface area contributed by atoms with Crippen LogP contribution in [0.4, 0.5) is 5.69 Å². The minimum absolute atomic E-state index is 0.360. The van der Waals surface area contributed by atoms with Crippen molar-refractivity contribution in [1.29, 1.82) is 0 Å². The minimum atomic E-state index is -0.424. The number of carbonyl (C=O) groups excluding carboxylic acids is 1. The van der Waals surface area contributed by atoms with Gasteiger partial charge in [-0.3, -0.25) is 4.98 Å². The average molecular weight is 292 g/mol. The van der Waals surface area contributed by atoms with Gasteiger partial charge in [-0.2, -0.15) is 0 Å². The summed E-state index contributed by atoms with van der Waals surface area (Å²) in [7, 11) is 0. The van der Waals surface area contributed by atoms with Crippen molar-refractivity contribution >= 4 is 22.4 Å². The van der Waals surface area contributed by atoms with Crippen molar-refractivity contribution < 1.29 is 9.53 Å². The second-order valence-electron chi connectivity index (χ2n) is 5.11. The van der Waals surface area contributed by atoms with Crippen LogP contribution in [0.1, 0.15) is 28.9 Å². The minimum Gasteiger partial charge on any atom is -0.454 e. The summed E-state index contributed by atoms with van der Waals surface area (Å²) < 4.78 is 5.51. The Morgan fingerprint density at radius 2 is 1.73 bits per heavy atom. The number of fused-ring (bicyclic) bond motifs is 1. The van der Waals surface area contributed by atoms with Gasteiger partial charge in [0.25, 0.3) is 0 Å². The molecule has 0 aliphatic heterocycles. The maximum atomic E-state index is 12.4. The Morgan fingerprint density at radius 3 is 2.41 bits per heavy atom. The molecular formula is C18H16N2O2. The topological polar surface area (TPSA) is 65.2 Å². The number of pyridine rings is 1. The molecule has 0 bridgehead atoms. The number of nitrogen functional groups attached to an aromatic ring is 1. The predicted octanol–water partition coefficient (Wildman–Crippen LogP) is 3.74. The van der Waals surface area contributed by atoms with E-state index < -0.39 is 5.97 Å². The van der Waals surface area contributed by atoms with E-state index in [9.17, 15) is 4.79 Å². The average Bonchev–Trinajstić information content (AvgIpc) is 2.54. The normalized spacial score (nSPS) is 12.0. The van der Waals surface area contributed by atoms with E-state index in [1.807, 2.05) is 43.3 Å². The van der Waals surface area contributed by atoms with Gasteiger partial charge in [0.1, 0.15) is 6.10 Å². The highest BCUT2D eigenvalue weighted by Crippen LogP contribution is 2.25. The maximum Gasteiger partial charge on any atom is 0.340 e. The summed E-state index contributed by atoms with van der Waals surface area (Å²) in [5.74, 6) is -0.424. The quantitative estimate of drug-likeness (QED) is 0.590. The molecule has 1 atom stereocenters. The van der Waals surface area contributed by atoms with Gasteiger partial charge in [0.05, 0.1) is 5.56 Å². The molecule has 0 amide bonds. The standard InChI is InChI=1S/C18H16N2O2/c1-12(13-6-8-20-9-7-13)22-18(21)16-10-14-4-2-3-5-15(14)11-17(16)19/h2-12H,19H2,1H3/t12-/m1/s1. The van der Waals surface area contributed by atoms with Gasteiger partial charge in [0.2, 0.25) is 0 Å². The van der Waals surface area contributed by atoms with E-state index in [-0.39, 0.29) is 6.10 Å². The highest BCUT2D eigenvalue weighted by atomic mass is 16.5. The molecule has 22 heavy (non-hydrogen) atoms. The molecule has 4 heteroatoms. The second kappa shape index (κ2) is 5.85. The fourth-order valence-electron chi connectivity index (χ4n) is 2.36. The lowest BCUT2D eigenvalue weighted by Gasteiger charge is -2.14. The Kier molecular flexibility index (Phi) is 3.74. The first-order chi connectivity index (χ1) is 10.6. The lowest BCUT2D eigenvalue weighted by molar-refractivity contribution is 0.0339. The van der Waals surface area contributed by atoms with Gasteiger partial charge in [-0.1, -0.05) is 24.3 Å². The van der Waals surface area contributed by atoms with E-state index in [1.54, 1.807) is 24.5 Å². The lowest BCUT2D eigenvalue weighted by atomic mass is 10.1. The molecule has 1 heterocycles. The molecule has 0 aliphatic carbocycles. The molecule has 110 valence electrons. The fraction of sp³-hybridized carbons (Fsp3) is 0.111. The van der Waals surface area contributed by atoms with E-state index in [2.05, 4.69) is 4.98 Å². The molecule has 3 rings (SSSR count). The summed E-state index contributed by atoms with van der Waals surface area (Å²) in [5, 5.41) is 1.96. The zero-order valence-corrected chi connectivity index (χ0v) is 12.2. The molecule has 0 saturated carbocycles. The van der Waals surface area contributed by atoms with Crippen LogP contribution in [0, 0.1) is 0 Å². The molecule has 0 fully saturated rings. The SMILES string of the molecule is C[C@@H](OC(=O)c1cc2ccccc2cc1N)c1ccncc1. The Balaban J connectivity index is 1.87. The zero-order valence-electron chi connectivity index (χ0n) is 12.2. The number of benzene rings is 2. The largest absolute Gasteiger partial charge is 0.454 e. The van der Waals surface area contributed by atoms with E-state index in [1.165, 1.54) is 0 Å². The van der Waals surface area contributed by atoms with Crippen LogP contribution in [-0.4, -0.2) is 11.0 Å². The number of hydrogen-bond acceptors (Lipinski definition) is 4. The summed E-state index contributed by atoms with van der Waals surface area (Å²) in [6.45, 7) is 1.82. The van der Waals surface area contributed by atoms with Crippen molar-refractivity contribution in [3.05, 3.63) is 72.1 Å². The summed E-state index contributed by atoms with van der Waals surface area (Å²) in [6, 6.07) is 15.0. The van der Waals surface area contributed by atoms with E-state index >= 15 is 0 Å². The Morgan fingerprint density at radius 1 is 1.09 bits per heavy atom. The van der Waals surface area contributed by atoms with Crippen LogP contribution in [-0.2, 0) is 4.74 Å². The van der Waals surface area contributed by atoms with Crippen molar-refractivity contribution in [2.24, 2.45) is 0 Å². The first kappa shape index (κ1) is 14.1. The summed E-state index contributed by atoms with van der Waals surface area (Å²) in [4.78, 5) is 16.3. The predicted molar refractivity (Wildman–Crippen MR) is 86.4 cm³/mol. The van der Waals surface area contributed by atoms with Gasteiger partial charge in [0, 0.05) is 18.1 Å². The van der Waals surface area contributed by atoms with Gasteiger partial charge in [-0.15, -0.1) is 0 Å². The fourth-order valence-corrected chi connectivity index (χ4v) is 2.36. The van der Waals surface area contributed by atoms with Gasteiger partial charge in [-0.05, 0) is 47.5 Å². The Hall–Kier alpha value is -2.88. The molecule has 2 N–H and O–H groups in total. The molecule has 0 saturated heterocycles. The molecule has 2 aromatic carbocycles. The van der Waals surface area contributed by atoms with E-state index in [0.717, 1.165) is 16.3 Å². The third kappa shape index (κ3) is 2.76. The van der Waals surface area contributed by atoms with Crippen LogP contribution in [0.25, 0.3) is 10.8 Å². The van der Waals surface area contributed by atoms with Crippen LogP contribution in [0.2, 0.25) is 0 Å². The van der Waals surface area contributed by atoms with Crippen LogP contribution < -0.4 is 5.73 Å². The molecule has 0 unspecified atom stereocenters. The van der Waals surface area contributed by atoms with E-state index in [4.69, 9.17) is 10.5 Å². The third-order valence-corrected chi connectivity index (χ3v) is 3.60. The van der Waals surface area contributed by atoms with Crippen molar-refractivity contribution in [1.82, 2.24) is 4.98 Å². The summed E-state index contributed by atoms with van der Waals surface area (Å²) in [5.41, 5.74) is 7.69. The molecular weight excluding hydrogens is 276 g/mol. The van der Waals surface area contributed by atoms with Gasteiger partial charge >= 0.3 is 5.97 Å². The molecule has 0 radical (unpaired) electrons. The number of ether oxygens (including phenoxy) is 1. The molecule has 0 aliphatic rings. The first-order valence-corrected chi connectivity index (χ1v) is 7.04. The summed E-state index contributed by atoms with van der Waals surface area (Å²) in [6.07, 6.45) is 2.98. The number of hydrogen-bond donors (Lipinski definition) is 1. The maximum absolute atomic E-state index is 12.4. The molecule has 1 aromatic heterocycles. The Bertz CT molecular complexity index is 816. The number of anilines is 1. The lowest BCUT2D eigenvalue weighted by Crippen LogP contribution is -2.11. The second-order valence-corrected chi connectivity index (χ2v) is 5.11. The van der Waals surface area contributed by atoms with Crippen LogP contribution in [0.5, 0.6) is 0 Å². The number of nitrogens with two attached hydrogens (primary N) is 1. The van der Waals surface area contributed by atoms with Crippen molar-refractivity contribution in [3.63, 3.8) is 0 Å². The number of aromatic nitrogens is 1. The molecule has 4 nitrogen and oxygen atoms in total. The number of rotatable bonds is 3. The number of carbonyl (C=O) groups is 1. The van der Waals surface area contributed by atoms with Gasteiger partial charge in [-0.25, -0.2) is 4.79 Å². The van der Waals surface area contributed by atoms with Crippen LogP contribution >= 0.6 is 0 Å². The van der Waals surface area contributed by atoms with Crippen molar-refractivity contribution in [2.75, 3.05) is 5.73 Å². The van der Waals surface area contributed by atoms with Gasteiger partial charge < -0.3 is 10.5 Å². The third-order valence-electron chi connectivity index (χ3n) is 3.60. The van der Waals surface area contributed by atoms with Gasteiger partial charge in [0.15, 0.2) is 0 Å². The highest BCUT2D eigenvalue weighted by Gasteiger charge is 2.16. The smallest absolute Gasteiger partial charge is 0.340 e.